The molecule has 21 heavy (non-hydrogen) atoms. The smallest absolute Gasteiger partial charge is 0.326 e. The fourth-order valence-corrected chi connectivity index (χ4v) is 3.14. The van der Waals surface area contributed by atoms with Gasteiger partial charge in [0.25, 0.3) is 0 Å². The number of hydrogen-bond donors (Lipinski definition) is 2. The van der Waals surface area contributed by atoms with Gasteiger partial charge in [-0.2, -0.15) is 0 Å². The van der Waals surface area contributed by atoms with Crippen molar-refractivity contribution < 1.29 is 0 Å². The zero-order chi connectivity index (χ0) is 14.7. The quantitative estimate of drug-likeness (QED) is 0.432. The van der Waals surface area contributed by atoms with E-state index >= 15 is 0 Å². The maximum absolute atomic E-state index is 11.9. The van der Waals surface area contributed by atoms with Crippen molar-refractivity contribution in [1.82, 2.24) is 9.55 Å². The third kappa shape index (κ3) is 3.13. The number of aromatic amines is 1. The Morgan fingerprint density at radius 2 is 1.86 bits per heavy atom. The number of hydrogen-bond acceptors (Lipinski definition) is 3. The van der Waals surface area contributed by atoms with Crippen LogP contribution < -0.4 is 11.4 Å². The summed E-state index contributed by atoms with van der Waals surface area (Å²) in [7, 11) is 0. The Morgan fingerprint density at radius 1 is 1.10 bits per heavy atom. The van der Waals surface area contributed by atoms with Crippen molar-refractivity contribution in [3.8, 4) is 0 Å². The highest BCUT2D eigenvalue weighted by molar-refractivity contribution is 7.99. The maximum atomic E-state index is 11.9. The van der Waals surface area contributed by atoms with Crippen LogP contribution in [-0.2, 0) is 6.54 Å². The number of rotatable bonds is 5. The van der Waals surface area contributed by atoms with Gasteiger partial charge >= 0.3 is 5.69 Å². The number of nitrogens with one attached hydrogen (secondary N) is 1. The third-order valence-electron chi connectivity index (χ3n) is 3.36. The highest BCUT2D eigenvalue weighted by Gasteiger charge is 2.05. The van der Waals surface area contributed by atoms with Crippen molar-refractivity contribution >= 4 is 28.5 Å². The summed E-state index contributed by atoms with van der Waals surface area (Å²) < 4.78 is 1.80. The number of benzene rings is 2. The summed E-state index contributed by atoms with van der Waals surface area (Å²) in [5.74, 6) is 0.968. The number of nitrogen functional groups attached to an aromatic ring is 1. The molecule has 0 aliphatic heterocycles. The number of nitrogens with zero attached hydrogens (tertiary/aromatic N) is 1. The number of imidazole rings is 1. The number of fused-ring (bicyclic) bond motifs is 1. The Balaban J connectivity index is 1.61. The van der Waals surface area contributed by atoms with Gasteiger partial charge in [-0.3, -0.25) is 4.57 Å². The first-order chi connectivity index (χ1) is 10.2. The average molecular weight is 299 g/mol. The van der Waals surface area contributed by atoms with E-state index in [2.05, 4.69) is 4.98 Å². The standard InChI is InChI=1S/C16H17N3OS/c17-12-6-8-13(9-7-12)21-11-3-10-19-15-5-2-1-4-14(15)18-16(19)20/h1-2,4-9H,3,10-11,17H2,(H,18,20). The van der Waals surface area contributed by atoms with Crippen molar-refractivity contribution in [2.24, 2.45) is 0 Å². The SMILES string of the molecule is Nc1ccc(SCCCn2c(=O)[nH]c3ccccc32)cc1. The van der Waals surface area contributed by atoms with Crippen LogP contribution in [-0.4, -0.2) is 15.3 Å². The van der Waals surface area contributed by atoms with E-state index in [-0.39, 0.29) is 5.69 Å². The molecule has 1 heterocycles. The molecule has 2 aromatic carbocycles. The molecule has 0 spiro atoms. The minimum Gasteiger partial charge on any atom is -0.399 e. The molecule has 4 nitrogen and oxygen atoms in total. The second-order valence-electron chi connectivity index (χ2n) is 4.87. The summed E-state index contributed by atoms with van der Waals surface area (Å²) in [5.41, 5.74) is 8.28. The van der Waals surface area contributed by atoms with Crippen LogP contribution in [0.2, 0.25) is 0 Å². The molecule has 0 saturated carbocycles. The van der Waals surface area contributed by atoms with E-state index in [1.165, 1.54) is 4.90 Å². The van der Waals surface area contributed by atoms with Crippen molar-refractivity contribution in [2.75, 3.05) is 11.5 Å². The molecular formula is C16H17N3OS. The maximum Gasteiger partial charge on any atom is 0.326 e. The van der Waals surface area contributed by atoms with Crippen LogP contribution in [0.4, 0.5) is 5.69 Å². The summed E-state index contributed by atoms with van der Waals surface area (Å²) in [6.45, 7) is 0.727. The predicted octanol–water partition coefficient (Wildman–Crippen LogP) is 3.09. The number of nitrogens with two attached hydrogens (primary N) is 1. The van der Waals surface area contributed by atoms with Gasteiger partial charge in [0.2, 0.25) is 0 Å². The summed E-state index contributed by atoms with van der Waals surface area (Å²) >= 11 is 1.78. The molecular weight excluding hydrogens is 282 g/mol. The van der Waals surface area contributed by atoms with Crippen LogP contribution >= 0.6 is 11.8 Å². The molecule has 3 aromatic rings. The first-order valence-corrected chi connectivity index (χ1v) is 7.88. The number of H-pyrrole nitrogens is 1. The zero-order valence-corrected chi connectivity index (χ0v) is 12.4. The predicted molar refractivity (Wildman–Crippen MR) is 88.8 cm³/mol. The molecule has 0 atom stereocenters. The van der Waals surface area contributed by atoms with Crippen LogP contribution in [0.5, 0.6) is 0 Å². The highest BCUT2D eigenvalue weighted by atomic mass is 32.2. The van der Waals surface area contributed by atoms with Gasteiger partial charge in [-0.25, -0.2) is 4.79 Å². The zero-order valence-electron chi connectivity index (χ0n) is 11.6. The monoisotopic (exact) mass is 299 g/mol. The molecule has 0 bridgehead atoms. The summed E-state index contributed by atoms with van der Waals surface area (Å²) in [4.78, 5) is 16.0. The fourth-order valence-electron chi connectivity index (χ4n) is 2.31. The van der Waals surface area contributed by atoms with Crippen LogP contribution in [0.25, 0.3) is 11.0 Å². The fraction of sp³-hybridized carbons (Fsp3) is 0.188. The second-order valence-corrected chi connectivity index (χ2v) is 6.04. The molecule has 0 saturated heterocycles. The van der Waals surface area contributed by atoms with Gasteiger partial charge in [-0.05, 0) is 48.6 Å². The van der Waals surface area contributed by atoms with Gasteiger partial charge in [-0.1, -0.05) is 12.1 Å². The molecule has 5 heteroatoms. The number of aromatic nitrogens is 2. The molecule has 0 unspecified atom stereocenters. The number of para-hydroxylation sites is 2. The lowest BCUT2D eigenvalue weighted by molar-refractivity contribution is 0.679. The van der Waals surface area contributed by atoms with E-state index in [1.54, 1.807) is 16.3 Å². The third-order valence-corrected chi connectivity index (χ3v) is 4.45. The van der Waals surface area contributed by atoms with Crippen molar-refractivity contribution in [3.05, 3.63) is 59.0 Å². The number of aryl methyl sites for hydroxylation is 1. The van der Waals surface area contributed by atoms with E-state index < -0.39 is 0 Å². The van der Waals surface area contributed by atoms with E-state index in [4.69, 9.17) is 5.73 Å². The van der Waals surface area contributed by atoms with Crippen LogP contribution in [0, 0.1) is 0 Å². The van der Waals surface area contributed by atoms with Gasteiger partial charge in [-0.15, -0.1) is 11.8 Å². The Bertz CT molecular complexity index is 789. The van der Waals surface area contributed by atoms with Crippen LogP contribution in [0.3, 0.4) is 0 Å². The summed E-state index contributed by atoms with van der Waals surface area (Å²) in [6.07, 6.45) is 0.941. The van der Waals surface area contributed by atoms with E-state index in [0.29, 0.717) is 0 Å². The average Bonchev–Trinajstić information content (AvgIpc) is 2.81. The second kappa shape index (κ2) is 6.10. The summed E-state index contributed by atoms with van der Waals surface area (Å²) in [6, 6.07) is 15.7. The number of anilines is 1. The summed E-state index contributed by atoms with van der Waals surface area (Å²) in [5, 5.41) is 0. The van der Waals surface area contributed by atoms with Gasteiger partial charge in [0.15, 0.2) is 0 Å². The molecule has 3 rings (SSSR count). The molecule has 1 aromatic heterocycles. The van der Waals surface area contributed by atoms with Gasteiger partial charge in [0.05, 0.1) is 11.0 Å². The van der Waals surface area contributed by atoms with Crippen molar-refractivity contribution in [1.29, 1.82) is 0 Å². The van der Waals surface area contributed by atoms with Crippen LogP contribution in [0.15, 0.2) is 58.2 Å². The minimum absolute atomic E-state index is 0.0336. The number of thioether (sulfide) groups is 1. The molecule has 0 fully saturated rings. The van der Waals surface area contributed by atoms with Crippen molar-refractivity contribution in [3.63, 3.8) is 0 Å². The lowest BCUT2D eigenvalue weighted by Gasteiger charge is -2.04. The molecule has 0 radical (unpaired) electrons. The molecule has 0 amide bonds. The molecule has 0 aliphatic carbocycles. The molecule has 0 aliphatic rings. The molecule has 108 valence electrons. The first kappa shape index (κ1) is 13.8. The lowest BCUT2D eigenvalue weighted by Crippen LogP contribution is -2.17. The van der Waals surface area contributed by atoms with Crippen molar-refractivity contribution in [2.45, 2.75) is 17.9 Å². The largest absolute Gasteiger partial charge is 0.399 e. The van der Waals surface area contributed by atoms with Crippen LogP contribution in [0.1, 0.15) is 6.42 Å². The Morgan fingerprint density at radius 3 is 2.67 bits per heavy atom. The highest BCUT2D eigenvalue weighted by Crippen LogP contribution is 2.20. The normalized spacial score (nSPS) is 11.0. The Kier molecular flexibility index (Phi) is 4.01. The topological polar surface area (TPSA) is 63.8 Å². The van der Waals surface area contributed by atoms with Gasteiger partial charge in [0, 0.05) is 17.1 Å². The van der Waals surface area contributed by atoms with Gasteiger partial charge < -0.3 is 10.7 Å². The Labute approximate surface area is 127 Å². The van der Waals surface area contributed by atoms with Gasteiger partial charge in [0.1, 0.15) is 0 Å². The Hall–Kier alpha value is -2.14. The van der Waals surface area contributed by atoms with E-state index in [1.807, 2.05) is 48.5 Å². The van der Waals surface area contributed by atoms with E-state index in [0.717, 1.165) is 35.4 Å². The lowest BCUT2D eigenvalue weighted by atomic mass is 10.3. The minimum atomic E-state index is -0.0336. The first-order valence-electron chi connectivity index (χ1n) is 6.90. The molecule has 3 N–H and O–H groups in total. The van der Waals surface area contributed by atoms with E-state index in [9.17, 15) is 4.79 Å².